The number of hydrogen-bond acceptors (Lipinski definition) is 3. The standard InChI is InChI=1S/C23H28O3S/c24-27(21-14-8-3-9-15-21)17-20-16-22(18-10-4-1-5-11-18)26-23(25-20)19-12-6-2-7-13-19/h2-3,6-9,12-15,18,20,22-23H,1,4-5,10-11,16-17H2/t20-,22+,23+,27?/m1/s1. The van der Waals surface area contributed by atoms with Gasteiger partial charge < -0.3 is 9.47 Å². The summed E-state index contributed by atoms with van der Waals surface area (Å²) in [6, 6.07) is 19.9. The molecule has 4 heteroatoms. The molecule has 2 fully saturated rings. The predicted octanol–water partition coefficient (Wildman–Crippen LogP) is 5.25. The van der Waals surface area contributed by atoms with Crippen molar-refractivity contribution in [2.24, 2.45) is 5.92 Å². The first-order valence-corrected chi connectivity index (χ1v) is 11.4. The van der Waals surface area contributed by atoms with E-state index in [0.717, 1.165) is 16.9 Å². The molecule has 4 atom stereocenters. The molecule has 1 heterocycles. The van der Waals surface area contributed by atoms with E-state index in [2.05, 4.69) is 12.1 Å². The summed E-state index contributed by atoms with van der Waals surface area (Å²) in [5.74, 6) is 1.13. The maximum atomic E-state index is 12.8. The van der Waals surface area contributed by atoms with Crippen molar-refractivity contribution in [3.63, 3.8) is 0 Å². The first-order chi connectivity index (χ1) is 13.3. The van der Waals surface area contributed by atoms with Gasteiger partial charge in [0.05, 0.1) is 28.8 Å². The van der Waals surface area contributed by atoms with Crippen molar-refractivity contribution in [3.8, 4) is 0 Å². The van der Waals surface area contributed by atoms with E-state index in [-0.39, 0.29) is 18.5 Å². The molecular weight excluding hydrogens is 356 g/mol. The van der Waals surface area contributed by atoms with Gasteiger partial charge >= 0.3 is 0 Å². The van der Waals surface area contributed by atoms with Crippen molar-refractivity contribution >= 4 is 10.8 Å². The Bertz CT molecular complexity index is 728. The molecule has 0 aromatic heterocycles. The zero-order valence-electron chi connectivity index (χ0n) is 15.7. The van der Waals surface area contributed by atoms with Gasteiger partial charge in [-0.05, 0) is 30.9 Å². The van der Waals surface area contributed by atoms with Gasteiger partial charge in [0.1, 0.15) is 0 Å². The molecule has 2 aromatic carbocycles. The summed E-state index contributed by atoms with van der Waals surface area (Å²) in [6.45, 7) is 0. The minimum Gasteiger partial charge on any atom is -0.345 e. The summed E-state index contributed by atoms with van der Waals surface area (Å²) in [5.41, 5.74) is 1.05. The Kier molecular flexibility index (Phi) is 6.38. The predicted molar refractivity (Wildman–Crippen MR) is 108 cm³/mol. The molecule has 0 amide bonds. The quantitative estimate of drug-likeness (QED) is 0.706. The zero-order valence-corrected chi connectivity index (χ0v) is 16.5. The molecule has 2 aromatic rings. The van der Waals surface area contributed by atoms with Crippen LogP contribution in [0.15, 0.2) is 65.6 Å². The Morgan fingerprint density at radius 2 is 1.52 bits per heavy atom. The molecule has 0 N–H and O–H groups in total. The van der Waals surface area contributed by atoms with Gasteiger partial charge in [-0.25, -0.2) is 0 Å². The highest BCUT2D eigenvalue weighted by atomic mass is 32.2. The Morgan fingerprint density at radius 3 is 2.22 bits per heavy atom. The molecular formula is C23H28O3S. The molecule has 144 valence electrons. The summed E-state index contributed by atoms with van der Waals surface area (Å²) in [5, 5.41) is 0. The van der Waals surface area contributed by atoms with Crippen LogP contribution in [-0.4, -0.2) is 22.2 Å². The second-order valence-electron chi connectivity index (χ2n) is 7.63. The molecule has 1 unspecified atom stereocenters. The van der Waals surface area contributed by atoms with E-state index in [1.807, 2.05) is 48.5 Å². The van der Waals surface area contributed by atoms with Crippen LogP contribution in [0.2, 0.25) is 0 Å². The van der Waals surface area contributed by atoms with Crippen LogP contribution in [0.4, 0.5) is 0 Å². The highest BCUT2D eigenvalue weighted by molar-refractivity contribution is 7.85. The summed E-state index contributed by atoms with van der Waals surface area (Å²) in [6.07, 6.45) is 7.03. The van der Waals surface area contributed by atoms with Crippen LogP contribution in [-0.2, 0) is 20.3 Å². The van der Waals surface area contributed by atoms with Crippen molar-refractivity contribution < 1.29 is 13.7 Å². The van der Waals surface area contributed by atoms with E-state index in [1.165, 1.54) is 32.1 Å². The number of rotatable bonds is 5. The molecule has 27 heavy (non-hydrogen) atoms. The average Bonchev–Trinajstić information content (AvgIpc) is 2.75. The molecule has 1 saturated heterocycles. The lowest BCUT2D eigenvalue weighted by Gasteiger charge is -2.40. The van der Waals surface area contributed by atoms with E-state index >= 15 is 0 Å². The Morgan fingerprint density at radius 1 is 0.852 bits per heavy atom. The molecule has 4 rings (SSSR count). The normalized spacial score (nSPS) is 27.9. The van der Waals surface area contributed by atoms with Gasteiger partial charge in [-0.3, -0.25) is 4.21 Å². The molecule has 1 aliphatic carbocycles. The fourth-order valence-electron chi connectivity index (χ4n) is 4.26. The van der Waals surface area contributed by atoms with Gasteiger partial charge in [0.25, 0.3) is 0 Å². The van der Waals surface area contributed by atoms with Crippen LogP contribution < -0.4 is 0 Å². The Hall–Kier alpha value is -1.49. The lowest BCUT2D eigenvalue weighted by Crippen LogP contribution is -2.40. The summed E-state index contributed by atoms with van der Waals surface area (Å²) >= 11 is 0. The van der Waals surface area contributed by atoms with Crippen molar-refractivity contribution in [2.45, 2.75) is 61.9 Å². The SMILES string of the molecule is O=S(C[C@H]1C[C@@H](C2CCCCC2)O[C@@H](c2ccccc2)O1)c1ccccc1. The fraction of sp³-hybridized carbons (Fsp3) is 0.478. The third-order valence-corrected chi connectivity index (χ3v) is 7.17. The average molecular weight is 385 g/mol. The van der Waals surface area contributed by atoms with Gasteiger partial charge in [-0.15, -0.1) is 0 Å². The van der Waals surface area contributed by atoms with Crippen LogP contribution in [0.1, 0.15) is 50.4 Å². The van der Waals surface area contributed by atoms with Crippen molar-refractivity contribution in [3.05, 3.63) is 66.2 Å². The second-order valence-corrected chi connectivity index (χ2v) is 9.13. The zero-order chi connectivity index (χ0) is 18.5. The summed E-state index contributed by atoms with van der Waals surface area (Å²) in [4.78, 5) is 0.873. The molecule has 0 radical (unpaired) electrons. The third-order valence-electron chi connectivity index (χ3n) is 5.70. The number of hydrogen-bond donors (Lipinski definition) is 0. The molecule has 1 aliphatic heterocycles. The first-order valence-electron chi connectivity index (χ1n) is 10.1. The second kappa shape index (κ2) is 9.13. The molecule has 1 saturated carbocycles. The Labute approximate surface area is 164 Å². The molecule has 0 bridgehead atoms. The van der Waals surface area contributed by atoms with Crippen molar-refractivity contribution in [1.82, 2.24) is 0 Å². The molecule has 3 nitrogen and oxygen atoms in total. The maximum Gasteiger partial charge on any atom is 0.184 e. The summed E-state index contributed by atoms with van der Waals surface area (Å²) in [7, 11) is -1.05. The Balaban J connectivity index is 1.50. The molecule has 2 aliphatic rings. The summed E-state index contributed by atoms with van der Waals surface area (Å²) < 4.78 is 25.5. The van der Waals surface area contributed by atoms with Crippen LogP contribution in [0, 0.1) is 5.92 Å². The first kappa shape index (κ1) is 18.9. The van der Waals surface area contributed by atoms with E-state index < -0.39 is 10.8 Å². The smallest absolute Gasteiger partial charge is 0.184 e. The van der Waals surface area contributed by atoms with E-state index in [1.54, 1.807) is 0 Å². The van der Waals surface area contributed by atoms with Gasteiger partial charge in [0.15, 0.2) is 6.29 Å². The highest BCUT2D eigenvalue weighted by Crippen LogP contribution is 2.38. The van der Waals surface area contributed by atoms with Gasteiger partial charge in [-0.2, -0.15) is 0 Å². The van der Waals surface area contributed by atoms with Crippen LogP contribution >= 0.6 is 0 Å². The van der Waals surface area contributed by atoms with Crippen LogP contribution in [0.5, 0.6) is 0 Å². The molecule has 0 spiro atoms. The highest BCUT2D eigenvalue weighted by Gasteiger charge is 2.36. The third kappa shape index (κ3) is 4.87. The monoisotopic (exact) mass is 384 g/mol. The lowest BCUT2D eigenvalue weighted by atomic mass is 9.83. The maximum absolute atomic E-state index is 12.8. The van der Waals surface area contributed by atoms with Crippen LogP contribution in [0.25, 0.3) is 0 Å². The van der Waals surface area contributed by atoms with Crippen molar-refractivity contribution in [1.29, 1.82) is 0 Å². The van der Waals surface area contributed by atoms with Crippen molar-refractivity contribution in [2.75, 3.05) is 5.75 Å². The fourth-order valence-corrected chi connectivity index (χ4v) is 5.46. The topological polar surface area (TPSA) is 35.5 Å². The van der Waals surface area contributed by atoms with Crippen LogP contribution in [0.3, 0.4) is 0 Å². The largest absolute Gasteiger partial charge is 0.345 e. The lowest BCUT2D eigenvalue weighted by molar-refractivity contribution is -0.255. The minimum atomic E-state index is -1.05. The van der Waals surface area contributed by atoms with E-state index in [4.69, 9.17) is 9.47 Å². The van der Waals surface area contributed by atoms with E-state index in [0.29, 0.717) is 11.7 Å². The van der Waals surface area contributed by atoms with E-state index in [9.17, 15) is 4.21 Å². The number of benzene rings is 2. The minimum absolute atomic E-state index is 0.0445. The van der Waals surface area contributed by atoms with Gasteiger partial charge in [0.2, 0.25) is 0 Å². The van der Waals surface area contributed by atoms with Gasteiger partial charge in [-0.1, -0.05) is 67.8 Å². The van der Waals surface area contributed by atoms with Gasteiger partial charge in [0, 0.05) is 16.9 Å². The number of ether oxygens (including phenoxy) is 2.